The van der Waals surface area contributed by atoms with Crippen LogP contribution in [0.2, 0.25) is 0 Å². The average molecular weight is 243 g/mol. The highest BCUT2D eigenvalue weighted by molar-refractivity contribution is 6.08. The van der Waals surface area contributed by atoms with E-state index in [0.717, 1.165) is 23.7 Å². The van der Waals surface area contributed by atoms with Crippen LogP contribution in [0.3, 0.4) is 0 Å². The summed E-state index contributed by atoms with van der Waals surface area (Å²) in [7, 11) is 1.58. The van der Waals surface area contributed by atoms with Crippen molar-refractivity contribution < 1.29 is 9.53 Å². The number of para-hydroxylation sites is 1. The number of Topliss-reactive ketones (excluding diaryl/α,β-unsaturated/α-hetero) is 1. The molecule has 94 valence electrons. The summed E-state index contributed by atoms with van der Waals surface area (Å²) in [5.74, 6) is 0.0173. The highest BCUT2D eigenvalue weighted by Gasteiger charge is 2.20. The Morgan fingerprint density at radius 2 is 2.11 bits per heavy atom. The standard InChI is InChI=1S/C15H17NO2/c1-3-6-13(18-2)15(17)12-9-4-7-11-8-5-10-16-14(11)12/h4-5,7-10,13H,3,6H2,1-2H3. The van der Waals surface area contributed by atoms with Crippen molar-refractivity contribution in [3.8, 4) is 0 Å². The molecule has 0 N–H and O–H groups in total. The first-order valence-electron chi connectivity index (χ1n) is 6.18. The summed E-state index contributed by atoms with van der Waals surface area (Å²) in [5, 5.41) is 0.981. The van der Waals surface area contributed by atoms with Gasteiger partial charge in [0.05, 0.1) is 5.52 Å². The fourth-order valence-corrected chi connectivity index (χ4v) is 2.09. The molecule has 1 heterocycles. The van der Waals surface area contributed by atoms with Crippen LogP contribution in [-0.2, 0) is 4.74 Å². The third kappa shape index (κ3) is 2.41. The zero-order valence-electron chi connectivity index (χ0n) is 10.7. The van der Waals surface area contributed by atoms with Gasteiger partial charge in [-0.15, -0.1) is 0 Å². The van der Waals surface area contributed by atoms with Crippen LogP contribution in [0.15, 0.2) is 36.5 Å². The van der Waals surface area contributed by atoms with E-state index in [1.807, 2.05) is 37.3 Å². The van der Waals surface area contributed by atoms with Crippen molar-refractivity contribution in [1.29, 1.82) is 0 Å². The van der Waals surface area contributed by atoms with Crippen LogP contribution in [0.25, 0.3) is 10.9 Å². The molecule has 18 heavy (non-hydrogen) atoms. The van der Waals surface area contributed by atoms with Gasteiger partial charge in [0.25, 0.3) is 0 Å². The molecule has 2 rings (SSSR count). The molecule has 1 aromatic heterocycles. The predicted octanol–water partition coefficient (Wildman–Crippen LogP) is 3.23. The normalized spacial score (nSPS) is 12.6. The molecular weight excluding hydrogens is 226 g/mol. The fraction of sp³-hybridized carbons (Fsp3) is 0.333. The number of aromatic nitrogens is 1. The quantitative estimate of drug-likeness (QED) is 0.757. The van der Waals surface area contributed by atoms with Crippen LogP contribution in [-0.4, -0.2) is 24.0 Å². The summed E-state index contributed by atoms with van der Waals surface area (Å²) in [6, 6.07) is 9.49. The third-order valence-corrected chi connectivity index (χ3v) is 3.03. The van der Waals surface area contributed by atoms with Crippen molar-refractivity contribution in [2.75, 3.05) is 7.11 Å². The van der Waals surface area contributed by atoms with Gasteiger partial charge in [0.2, 0.25) is 0 Å². The van der Waals surface area contributed by atoms with E-state index in [2.05, 4.69) is 4.98 Å². The topological polar surface area (TPSA) is 39.2 Å². The summed E-state index contributed by atoms with van der Waals surface area (Å²) in [6.07, 6.45) is 2.99. The maximum absolute atomic E-state index is 12.4. The molecule has 1 unspecified atom stereocenters. The second kappa shape index (κ2) is 5.74. The van der Waals surface area contributed by atoms with Gasteiger partial charge >= 0.3 is 0 Å². The molecule has 0 aliphatic rings. The lowest BCUT2D eigenvalue weighted by Gasteiger charge is -2.14. The summed E-state index contributed by atoms with van der Waals surface area (Å²) in [6.45, 7) is 2.04. The predicted molar refractivity (Wildman–Crippen MR) is 71.8 cm³/mol. The Kier molecular flexibility index (Phi) is 4.05. The summed E-state index contributed by atoms with van der Waals surface area (Å²) >= 11 is 0. The summed E-state index contributed by atoms with van der Waals surface area (Å²) < 4.78 is 5.28. The van der Waals surface area contributed by atoms with E-state index in [9.17, 15) is 4.79 Å². The Labute approximate surface area is 107 Å². The van der Waals surface area contributed by atoms with Gasteiger partial charge in [-0.05, 0) is 18.6 Å². The molecule has 0 fully saturated rings. The molecule has 0 spiro atoms. The zero-order chi connectivity index (χ0) is 13.0. The minimum absolute atomic E-state index is 0.0173. The van der Waals surface area contributed by atoms with Crippen molar-refractivity contribution in [3.63, 3.8) is 0 Å². The number of hydrogen-bond acceptors (Lipinski definition) is 3. The molecule has 3 heteroatoms. The summed E-state index contributed by atoms with van der Waals surface area (Å²) in [5.41, 5.74) is 1.40. The number of nitrogens with zero attached hydrogens (tertiary/aromatic N) is 1. The number of benzene rings is 1. The molecule has 3 nitrogen and oxygen atoms in total. The van der Waals surface area contributed by atoms with Crippen LogP contribution < -0.4 is 0 Å². The SMILES string of the molecule is CCCC(OC)C(=O)c1cccc2cccnc12. The van der Waals surface area contributed by atoms with Crippen LogP contribution >= 0.6 is 0 Å². The van der Waals surface area contributed by atoms with E-state index >= 15 is 0 Å². The second-order valence-electron chi connectivity index (χ2n) is 4.26. The van der Waals surface area contributed by atoms with Gasteiger partial charge in [0.15, 0.2) is 5.78 Å². The minimum atomic E-state index is -0.373. The lowest BCUT2D eigenvalue weighted by molar-refractivity contribution is 0.0580. The Morgan fingerprint density at radius 3 is 2.83 bits per heavy atom. The van der Waals surface area contributed by atoms with E-state index in [1.165, 1.54) is 0 Å². The van der Waals surface area contributed by atoms with Crippen molar-refractivity contribution in [1.82, 2.24) is 4.98 Å². The largest absolute Gasteiger partial charge is 0.373 e. The molecule has 0 bridgehead atoms. The molecule has 0 saturated carbocycles. The lowest BCUT2D eigenvalue weighted by atomic mass is 10.00. The second-order valence-corrected chi connectivity index (χ2v) is 4.26. The maximum Gasteiger partial charge on any atom is 0.193 e. The number of ketones is 1. The Hall–Kier alpha value is -1.74. The van der Waals surface area contributed by atoms with Crippen LogP contribution in [0.5, 0.6) is 0 Å². The molecule has 0 aliphatic carbocycles. The van der Waals surface area contributed by atoms with Gasteiger partial charge in [-0.2, -0.15) is 0 Å². The van der Waals surface area contributed by atoms with Crippen LogP contribution in [0.4, 0.5) is 0 Å². The van der Waals surface area contributed by atoms with E-state index in [4.69, 9.17) is 4.74 Å². The zero-order valence-corrected chi connectivity index (χ0v) is 10.7. The number of hydrogen-bond donors (Lipinski definition) is 0. The van der Waals surface area contributed by atoms with Crippen molar-refractivity contribution >= 4 is 16.7 Å². The average Bonchev–Trinajstić information content (AvgIpc) is 2.43. The van der Waals surface area contributed by atoms with Crippen LogP contribution in [0, 0.1) is 0 Å². The van der Waals surface area contributed by atoms with Gasteiger partial charge in [-0.1, -0.05) is 31.5 Å². The monoisotopic (exact) mass is 243 g/mol. The molecule has 0 radical (unpaired) electrons. The first kappa shape index (κ1) is 12.7. The van der Waals surface area contributed by atoms with Gasteiger partial charge < -0.3 is 4.74 Å². The van der Waals surface area contributed by atoms with Gasteiger partial charge in [-0.25, -0.2) is 0 Å². The Morgan fingerprint density at radius 1 is 1.33 bits per heavy atom. The van der Waals surface area contributed by atoms with Gasteiger partial charge in [0.1, 0.15) is 6.10 Å². The number of fused-ring (bicyclic) bond motifs is 1. The highest BCUT2D eigenvalue weighted by Crippen LogP contribution is 2.19. The smallest absolute Gasteiger partial charge is 0.193 e. The minimum Gasteiger partial charge on any atom is -0.373 e. The van der Waals surface area contributed by atoms with Crippen molar-refractivity contribution in [3.05, 3.63) is 42.1 Å². The number of methoxy groups -OCH3 is 1. The highest BCUT2D eigenvalue weighted by atomic mass is 16.5. The number of rotatable bonds is 5. The Balaban J connectivity index is 2.44. The fourth-order valence-electron chi connectivity index (χ4n) is 2.09. The third-order valence-electron chi connectivity index (χ3n) is 3.03. The molecule has 0 amide bonds. The molecule has 0 aliphatic heterocycles. The first-order chi connectivity index (χ1) is 8.77. The molecule has 1 aromatic carbocycles. The van der Waals surface area contributed by atoms with Gasteiger partial charge in [0, 0.05) is 24.3 Å². The van der Waals surface area contributed by atoms with E-state index in [1.54, 1.807) is 13.3 Å². The van der Waals surface area contributed by atoms with E-state index in [-0.39, 0.29) is 11.9 Å². The number of carbonyl (C=O) groups is 1. The lowest BCUT2D eigenvalue weighted by Crippen LogP contribution is -2.23. The number of pyridine rings is 1. The van der Waals surface area contributed by atoms with E-state index in [0.29, 0.717) is 5.56 Å². The van der Waals surface area contributed by atoms with Crippen molar-refractivity contribution in [2.45, 2.75) is 25.9 Å². The van der Waals surface area contributed by atoms with Crippen LogP contribution in [0.1, 0.15) is 30.1 Å². The maximum atomic E-state index is 12.4. The Bertz CT molecular complexity index is 546. The first-order valence-corrected chi connectivity index (χ1v) is 6.18. The molecular formula is C15H17NO2. The molecule has 0 saturated heterocycles. The van der Waals surface area contributed by atoms with Crippen molar-refractivity contribution in [2.24, 2.45) is 0 Å². The molecule has 1 atom stereocenters. The number of carbonyl (C=O) groups excluding carboxylic acids is 1. The van der Waals surface area contributed by atoms with Gasteiger partial charge in [-0.3, -0.25) is 9.78 Å². The summed E-state index contributed by atoms with van der Waals surface area (Å²) in [4.78, 5) is 16.7. The molecule has 2 aromatic rings. The number of ether oxygens (including phenoxy) is 1. The van der Waals surface area contributed by atoms with E-state index < -0.39 is 0 Å².